The molecule has 0 unspecified atom stereocenters. The molecule has 0 spiro atoms. The SMILES string of the molecule is Cc1ccc(N(c2cc(C)cc(C)c2)c2cc(C)c3cc(N(c4cc(C)cc(C)c4)c4ccc(C)c(C)c4)cc(C)c3c2)cc1. The van der Waals surface area contributed by atoms with E-state index >= 15 is 0 Å². The standard InChI is InChI=1S/C43H44N2/c1-27-10-13-36(14-11-27)44(38-18-28(2)16-29(3)19-38)40-23-34(8)43-26-41(24-35(9)42(43)25-40)45(37-15-12-32(6)33(7)22-37)39-20-30(4)17-31(5)21-39/h10-26H,1-9H3. The van der Waals surface area contributed by atoms with Crippen molar-refractivity contribution in [3.8, 4) is 0 Å². The summed E-state index contributed by atoms with van der Waals surface area (Å²) in [6.07, 6.45) is 0. The van der Waals surface area contributed by atoms with Gasteiger partial charge in [-0.2, -0.15) is 0 Å². The number of rotatable bonds is 6. The Hall–Kier alpha value is -4.82. The zero-order valence-electron chi connectivity index (χ0n) is 28.2. The van der Waals surface area contributed by atoms with Crippen LogP contribution in [0.4, 0.5) is 34.1 Å². The molecule has 0 fully saturated rings. The predicted molar refractivity (Wildman–Crippen MR) is 196 cm³/mol. The molecule has 0 saturated carbocycles. The maximum absolute atomic E-state index is 2.42. The molecule has 0 aromatic heterocycles. The largest absolute Gasteiger partial charge is 0.310 e. The maximum atomic E-state index is 2.42. The number of hydrogen-bond acceptors (Lipinski definition) is 2. The van der Waals surface area contributed by atoms with E-state index in [9.17, 15) is 0 Å². The minimum absolute atomic E-state index is 1.16. The van der Waals surface area contributed by atoms with Crippen LogP contribution in [-0.2, 0) is 0 Å². The van der Waals surface area contributed by atoms with Crippen molar-refractivity contribution in [2.45, 2.75) is 62.3 Å². The minimum atomic E-state index is 1.16. The van der Waals surface area contributed by atoms with Gasteiger partial charge < -0.3 is 9.80 Å². The Balaban J connectivity index is 1.55. The molecule has 0 amide bonds. The third-order valence-corrected chi connectivity index (χ3v) is 8.94. The van der Waals surface area contributed by atoms with Crippen LogP contribution in [0.1, 0.15) is 50.1 Å². The molecule has 0 aliphatic heterocycles. The normalized spacial score (nSPS) is 11.2. The van der Waals surface area contributed by atoms with Crippen molar-refractivity contribution in [1.29, 1.82) is 0 Å². The first-order valence-electron chi connectivity index (χ1n) is 15.9. The molecule has 0 aliphatic carbocycles. The average Bonchev–Trinajstić information content (AvgIpc) is 2.96. The van der Waals surface area contributed by atoms with E-state index in [-0.39, 0.29) is 0 Å². The van der Waals surface area contributed by atoms with Crippen molar-refractivity contribution in [2.75, 3.05) is 9.80 Å². The van der Waals surface area contributed by atoms with Crippen LogP contribution in [0.3, 0.4) is 0 Å². The highest BCUT2D eigenvalue weighted by molar-refractivity contribution is 5.97. The summed E-state index contributed by atoms with van der Waals surface area (Å²) < 4.78 is 0. The van der Waals surface area contributed by atoms with E-state index in [1.54, 1.807) is 0 Å². The van der Waals surface area contributed by atoms with Gasteiger partial charge in [-0.3, -0.25) is 0 Å². The van der Waals surface area contributed by atoms with Gasteiger partial charge in [0.1, 0.15) is 0 Å². The van der Waals surface area contributed by atoms with E-state index in [0.717, 1.165) is 5.69 Å². The third-order valence-electron chi connectivity index (χ3n) is 8.94. The molecule has 0 aliphatic rings. The van der Waals surface area contributed by atoms with Gasteiger partial charge in [0.2, 0.25) is 0 Å². The maximum Gasteiger partial charge on any atom is 0.0470 e. The number of anilines is 6. The molecule has 0 N–H and O–H groups in total. The van der Waals surface area contributed by atoms with Gasteiger partial charge in [-0.05, 0) is 190 Å². The number of fused-ring (bicyclic) bond motifs is 1. The van der Waals surface area contributed by atoms with Gasteiger partial charge in [0, 0.05) is 34.1 Å². The zero-order valence-corrected chi connectivity index (χ0v) is 28.2. The van der Waals surface area contributed by atoms with E-state index in [4.69, 9.17) is 0 Å². The van der Waals surface area contributed by atoms with Crippen LogP contribution >= 0.6 is 0 Å². The second-order valence-electron chi connectivity index (χ2n) is 13.1. The molecular formula is C43H44N2. The van der Waals surface area contributed by atoms with Gasteiger partial charge in [0.05, 0.1) is 0 Å². The average molecular weight is 589 g/mol. The summed E-state index contributed by atoms with van der Waals surface area (Å²) in [4.78, 5) is 4.82. The first kappa shape index (κ1) is 30.2. The van der Waals surface area contributed by atoms with Crippen LogP contribution in [0.25, 0.3) is 10.8 Å². The summed E-state index contributed by atoms with van der Waals surface area (Å²) in [7, 11) is 0. The van der Waals surface area contributed by atoms with Gasteiger partial charge in [-0.15, -0.1) is 0 Å². The second-order valence-corrected chi connectivity index (χ2v) is 13.1. The number of benzene rings is 6. The quantitative estimate of drug-likeness (QED) is 0.191. The first-order chi connectivity index (χ1) is 21.5. The van der Waals surface area contributed by atoms with E-state index in [1.807, 2.05) is 0 Å². The first-order valence-corrected chi connectivity index (χ1v) is 15.9. The molecule has 0 saturated heterocycles. The van der Waals surface area contributed by atoms with Gasteiger partial charge in [-0.1, -0.05) is 35.9 Å². The zero-order chi connectivity index (χ0) is 32.0. The van der Waals surface area contributed by atoms with Crippen molar-refractivity contribution < 1.29 is 0 Å². The summed E-state index contributed by atoms with van der Waals surface area (Å²) >= 11 is 0. The highest BCUT2D eigenvalue weighted by Gasteiger charge is 2.19. The summed E-state index contributed by atoms with van der Waals surface area (Å²) in [5.41, 5.74) is 18.5. The number of hydrogen-bond donors (Lipinski definition) is 0. The Bertz CT molecular complexity index is 2010. The van der Waals surface area contributed by atoms with Crippen LogP contribution in [0.15, 0.2) is 103 Å². The highest BCUT2D eigenvalue weighted by Crippen LogP contribution is 2.42. The predicted octanol–water partition coefficient (Wildman–Crippen LogP) is 12.6. The third kappa shape index (κ3) is 6.11. The molecule has 0 heterocycles. The minimum Gasteiger partial charge on any atom is -0.310 e. The van der Waals surface area contributed by atoms with Crippen molar-refractivity contribution >= 4 is 44.9 Å². The Morgan fingerprint density at radius 1 is 0.267 bits per heavy atom. The van der Waals surface area contributed by atoms with Crippen LogP contribution in [0.5, 0.6) is 0 Å². The molecule has 6 aromatic carbocycles. The monoisotopic (exact) mass is 588 g/mol. The molecule has 45 heavy (non-hydrogen) atoms. The van der Waals surface area contributed by atoms with Crippen LogP contribution < -0.4 is 9.80 Å². The topological polar surface area (TPSA) is 6.48 Å². The summed E-state index contributed by atoms with van der Waals surface area (Å²) in [6, 6.07) is 38.7. The van der Waals surface area contributed by atoms with Crippen LogP contribution in [0.2, 0.25) is 0 Å². The molecule has 0 radical (unpaired) electrons. The summed E-state index contributed by atoms with van der Waals surface area (Å²) in [6.45, 7) is 19.7. The van der Waals surface area contributed by atoms with Crippen molar-refractivity contribution in [1.82, 2.24) is 0 Å². The lowest BCUT2D eigenvalue weighted by Crippen LogP contribution is -2.12. The lowest BCUT2D eigenvalue weighted by atomic mass is 9.97. The summed E-state index contributed by atoms with van der Waals surface area (Å²) in [5.74, 6) is 0. The molecule has 2 nitrogen and oxygen atoms in total. The lowest BCUT2D eigenvalue weighted by molar-refractivity contribution is 1.23. The Labute approximate surface area is 269 Å². The Morgan fingerprint density at radius 2 is 0.644 bits per heavy atom. The van der Waals surface area contributed by atoms with E-state index in [0.29, 0.717) is 0 Å². The van der Waals surface area contributed by atoms with Crippen molar-refractivity contribution in [3.05, 3.63) is 153 Å². The van der Waals surface area contributed by atoms with Crippen LogP contribution in [-0.4, -0.2) is 0 Å². The molecule has 0 atom stereocenters. The van der Waals surface area contributed by atoms with E-state index < -0.39 is 0 Å². The van der Waals surface area contributed by atoms with Gasteiger partial charge in [0.15, 0.2) is 0 Å². The van der Waals surface area contributed by atoms with E-state index in [2.05, 4.69) is 175 Å². The van der Waals surface area contributed by atoms with Crippen molar-refractivity contribution in [3.63, 3.8) is 0 Å². The van der Waals surface area contributed by atoms with Crippen LogP contribution in [0, 0.1) is 62.3 Å². The summed E-state index contributed by atoms with van der Waals surface area (Å²) in [5, 5.41) is 2.55. The van der Waals surface area contributed by atoms with Crippen molar-refractivity contribution in [2.24, 2.45) is 0 Å². The lowest BCUT2D eigenvalue weighted by Gasteiger charge is -2.29. The Morgan fingerprint density at radius 3 is 1.09 bits per heavy atom. The number of aryl methyl sites for hydroxylation is 9. The van der Waals surface area contributed by atoms with Gasteiger partial charge in [0.25, 0.3) is 0 Å². The van der Waals surface area contributed by atoms with Gasteiger partial charge in [-0.25, -0.2) is 0 Å². The fourth-order valence-electron chi connectivity index (χ4n) is 6.66. The highest BCUT2D eigenvalue weighted by atomic mass is 15.1. The molecular weight excluding hydrogens is 544 g/mol. The fourth-order valence-corrected chi connectivity index (χ4v) is 6.66. The smallest absolute Gasteiger partial charge is 0.0470 e. The molecule has 6 aromatic rings. The molecule has 6 rings (SSSR count). The molecule has 226 valence electrons. The fraction of sp³-hybridized carbons (Fsp3) is 0.209. The van der Waals surface area contributed by atoms with E-state index in [1.165, 1.54) is 89.3 Å². The second kappa shape index (κ2) is 11.9. The molecule has 0 bridgehead atoms. The number of nitrogens with zero attached hydrogens (tertiary/aromatic N) is 2. The Kier molecular flexibility index (Phi) is 8.01. The van der Waals surface area contributed by atoms with Gasteiger partial charge >= 0.3 is 0 Å². The molecule has 2 heteroatoms.